The molecule has 2 aliphatic heterocycles. The first-order chi connectivity index (χ1) is 15.8. The van der Waals surface area contributed by atoms with E-state index in [1.54, 1.807) is 27.9 Å². The van der Waals surface area contributed by atoms with Gasteiger partial charge in [-0.2, -0.15) is 0 Å². The van der Waals surface area contributed by atoms with Crippen LogP contribution in [-0.4, -0.2) is 83.2 Å². The maximum absolute atomic E-state index is 15.0. The van der Waals surface area contributed by atoms with Gasteiger partial charge in [0.25, 0.3) is 0 Å². The van der Waals surface area contributed by atoms with Crippen molar-refractivity contribution in [1.29, 1.82) is 0 Å². The normalized spacial score (nSPS) is 18.5. The van der Waals surface area contributed by atoms with Gasteiger partial charge in [0, 0.05) is 39.3 Å². The molecule has 0 unspecified atom stereocenters. The van der Waals surface area contributed by atoms with E-state index in [9.17, 15) is 18.8 Å². The molecule has 3 heterocycles. The van der Waals surface area contributed by atoms with Crippen molar-refractivity contribution in [3.63, 3.8) is 0 Å². The molecular formula is C21H26FN7O4. The Balaban J connectivity index is 1.35. The summed E-state index contributed by atoms with van der Waals surface area (Å²) in [4.78, 5) is 40.4. The van der Waals surface area contributed by atoms with Gasteiger partial charge < -0.3 is 19.9 Å². The SMILES string of the molecule is CC(=O)NCC(=O)N1CCN(c2ccc(N3C[C@H](Cn4cc(C)nn4)OC3=O)cc2F)CC1. The monoisotopic (exact) mass is 459 g/mol. The van der Waals surface area contributed by atoms with Crippen molar-refractivity contribution in [2.75, 3.05) is 49.1 Å². The van der Waals surface area contributed by atoms with Gasteiger partial charge in [-0.1, -0.05) is 5.21 Å². The zero-order valence-corrected chi connectivity index (χ0v) is 18.5. The molecule has 0 bridgehead atoms. The Bertz CT molecular complexity index is 1050. The minimum atomic E-state index is -0.532. The molecule has 1 aromatic heterocycles. The van der Waals surface area contributed by atoms with Crippen molar-refractivity contribution in [2.45, 2.75) is 26.5 Å². The first kappa shape index (κ1) is 22.5. The molecule has 0 aliphatic carbocycles. The van der Waals surface area contributed by atoms with E-state index in [1.165, 1.54) is 17.9 Å². The molecule has 0 radical (unpaired) electrons. The molecule has 4 rings (SSSR count). The third kappa shape index (κ3) is 5.21. The second-order valence-corrected chi connectivity index (χ2v) is 8.11. The van der Waals surface area contributed by atoms with Crippen LogP contribution in [0.5, 0.6) is 0 Å². The third-order valence-electron chi connectivity index (χ3n) is 5.62. The summed E-state index contributed by atoms with van der Waals surface area (Å²) in [7, 11) is 0. The number of hydrogen-bond donors (Lipinski definition) is 1. The lowest BCUT2D eigenvalue weighted by molar-refractivity contribution is -0.132. The Morgan fingerprint density at radius 1 is 1.24 bits per heavy atom. The van der Waals surface area contributed by atoms with Crippen LogP contribution in [0.4, 0.5) is 20.6 Å². The number of ether oxygens (including phenoxy) is 1. The van der Waals surface area contributed by atoms with Gasteiger partial charge in [0.05, 0.1) is 36.7 Å². The molecule has 2 fully saturated rings. The number of piperazine rings is 1. The van der Waals surface area contributed by atoms with E-state index in [-0.39, 0.29) is 24.9 Å². The molecular weight excluding hydrogens is 433 g/mol. The number of halogens is 1. The molecule has 2 aliphatic rings. The number of cyclic esters (lactones) is 1. The number of hydrogen-bond acceptors (Lipinski definition) is 7. The molecule has 2 aromatic rings. The summed E-state index contributed by atoms with van der Waals surface area (Å²) in [5.41, 5.74) is 1.60. The van der Waals surface area contributed by atoms with Crippen molar-refractivity contribution >= 4 is 29.3 Å². The minimum Gasteiger partial charge on any atom is -0.442 e. The summed E-state index contributed by atoms with van der Waals surface area (Å²) in [6, 6.07) is 4.66. The van der Waals surface area contributed by atoms with Gasteiger partial charge in [-0.3, -0.25) is 14.5 Å². The van der Waals surface area contributed by atoms with Crippen LogP contribution in [0, 0.1) is 12.7 Å². The smallest absolute Gasteiger partial charge is 0.414 e. The fraction of sp³-hybridized carbons (Fsp3) is 0.476. The van der Waals surface area contributed by atoms with E-state index in [2.05, 4.69) is 15.6 Å². The molecule has 1 N–H and O–H groups in total. The molecule has 176 valence electrons. The molecule has 0 saturated carbocycles. The van der Waals surface area contributed by atoms with Crippen molar-refractivity contribution in [3.8, 4) is 0 Å². The predicted octanol–water partition coefficient (Wildman–Crippen LogP) is 0.536. The molecule has 3 amide bonds. The fourth-order valence-corrected chi connectivity index (χ4v) is 3.95. The van der Waals surface area contributed by atoms with Gasteiger partial charge in [-0.25, -0.2) is 13.9 Å². The van der Waals surface area contributed by atoms with Crippen LogP contribution in [0.15, 0.2) is 24.4 Å². The van der Waals surface area contributed by atoms with Gasteiger partial charge in [-0.05, 0) is 25.1 Å². The number of aryl methyl sites for hydroxylation is 1. The van der Waals surface area contributed by atoms with Gasteiger partial charge in [-0.15, -0.1) is 5.10 Å². The highest BCUT2D eigenvalue weighted by molar-refractivity contribution is 5.90. The summed E-state index contributed by atoms with van der Waals surface area (Å²) in [5.74, 6) is -0.872. The highest BCUT2D eigenvalue weighted by Crippen LogP contribution is 2.28. The van der Waals surface area contributed by atoms with Gasteiger partial charge in [0.15, 0.2) is 0 Å². The quantitative estimate of drug-likeness (QED) is 0.671. The average Bonchev–Trinajstić information content (AvgIpc) is 3.36. The second-order valence-electron chi connectivity index (χ2n) is 8.11. The molecule has 12 heteroatoms. The summed E-state index contributed by atoms with van der Waals surface area (Å²) in [5, 5.41) is 10.4. The van der Waals surface area contributed by atoms with Crippen molar-refractivity contribution in [3.05, 3.63) is 35.9 Å². The number of carbonyl (C=O) groups excluding carboxylic acids is 3. The average molecular weight is 459 g/mol. The number of nitrogens with one attached hydrogen (secondary N) is 1. The lowest BCUT2D eigenvalue weighted by Crippen LogP contribution is -2.51. The molecule has 2 saturated heterocycles. The summed E-state index contributed by atoms with van der Waals surface area (Å²) in [6.45, 7) is 5.59. The van der Waals surface area contributed by atoms with E-state index in [0.29, 0.717) is 44.1 Å². The minimum absolute atomic E-state index is 0.0398. The third-order valence-corrected chi connectivity index (χ3v) is 5.62. The summed E-state index contributed by atoms with van der Waals surface area (Å²) < 4.78 is 22.0. The van der Waals surface area contributed by atoms with Gasteiger partial charge in [0.2, 0.25) is 11.8 Å². The van der Waals surface area contributed by atoms with E-state index in [1.807, 2.05) is 11.8 Å². The number of carbonyl (C=O) groups is 3. The zero-order chi connectivity index (χ0) is 23.5. The molecule has 33 heavy (non-hydrogen) atoms. The Hall–Kier alpha value is -3.70. The van der Waals surface area contributed by atoms with Crippen molar-refractivity contribution < 1.29 is 23.5 Å². The fourth-order valence-electron chi connectivity index (χ4n) is 3.95. The Kier molecular flexibility index (Phi) is 6.43. The maximum atomic E-state index is 15.0. The Labute approximate surface area is 190 Å². The van der Waals surface area contributed by atoms with E-state index in [0.717, 1.165) is 5.69 Å². The number of nitrogens with zero attached hydrogens (tertiary/aromatic N) is 6. The largest absolute Gasteiger partial charge is 0.442 e. The number of anilines is 2. The van der Waals surface area contributed by atoms with Crippen molar-refractivity contribution in [1.82, 2.24) is 25.2 Å². The predicted molar refractivity (Wildman–Crippen MR) is 116 cm³/mol. The van der Waals surface area contributed by atoms with E-state index < -0.39 is 18.0 Å². The van der Waals surface area contributed by atoms with Crippen LogP contribution in [0.25, 0.3) is 0 Å². The highest BCUT2D eigenvalue weighted by Gasteiger charge is 2.33. The molecule has 11 nitrogen and oxygen atoms in total. The lowest BCUT2D eigenvalue weighted by Gasteiger charge is -2.36. The Morgan fingerprint density at radius 3 is 2.64 bits per heavy atom. The van der Waals surface area contributed by atoms with Crippen LogP contribution in [0.3, 0.4) is 0 Å². The van der Waals surface area contributed by atoms with E-state index in [4.69, 9.17) is 4.74 Å². The van der Waals surface area contributed by atoms with E-state index >= 15 is 0 Å². The first-order valence-electron chi connectivity index (χ1n) is 10.7. The summed E-state index contributed by atoms with van der Waals surface area (Å²) >= 11 is 0. The van der Waals surface area contributed by atoms with Crippen molar-refractivity contribution in [2.24, 2.45) is 0 Å². The van der Waals surface area contributed by atoms with Crippen LogP contribution in [0.1, 0.15) is 12.6 Å². The summed E-state index contributed by atoms with van der Waals surface area (Å²) in [6.07, 6.45) is 0.817. The highest BCUT2D eigenvalue weighted by atomic mass is 19.1. The standard InChI is InChI=1S/C21H26FN7O4/c1-14-11-28(25-24-14)12-17-13-29(21(32)33-17)16-3-4-19(18(22)9-16)26-5-7-27(8-6-26)20(31)10-23-15(2)30/h3-4,9,11,17H,5-8,10,12-13H2,1-2H3,(H,23,30)/t17-/m0/s1. The van der Waals surface area contributed by atoms with Crippen LogP contribution < -0.4 is 15.1 Å². The lowest BCUT2D eigenvalue weighted by atomic mass is 10.2. The topological polar surface area (TPSA) is 113 Å². The van der Waals surface area contributed by atoms with Gasteiger partial charge in [0.1, 0.15) is 11.9 Å². The number of benzene rings is 1. The number of rotatable bonds is 6. The first-order valence-corrected chi connectivity index (χ1v) is 10.7. The molecule has 0 spiro atoms. The van der Waals surface area contributed by atoms with Crippen LogP contribution in [0.2, 0.25) is 0 Å². The molecule has 1 aromatic carbocycles. The molecule has 1 atom stereocenters. The maximum Gasteiger partial charge on any atom is 0.414 e. The van der Waals surface area contributed by atoms with Gasteiger partial charge >= 0.3 is 6.09 Å². The van der Waals surface area contributed by atoms with Crippen LogP contribution in [-0.2, 0) is 20.9 Å². The second kappa shape index (κ2) is 9.43. The number of aromatic nitrogens is 3. The van der Waals surface area contributed by atoms with Crippen LogP contribution >= 0.6 is 0 Å². The zero-order valence-electron chi connectivity index (χ0n) is 18.5. The Morgan fingerprint density at radius 2 is 2.00 bits per heavy atom. The number of amides is 3.